The summed E-state index contributed by atoms with van der Waals surface area (Å²) in [5.41, 5.74) is -0.480. The fourth-order valence-electron chi connectivity index (χ4n) is 0.712. The number of rotatable bonds is 1. The molecule has 0 aromatic carbocycles. The molecule has 1 aliphatic rings. The molecular formula is C8H11NO2. The fraction of sp³-hybridized carbons (Fsp3) is 0.500. The molecule has 0 N–H and O–H groups in total. The van der Waals surface area contributed by atoms with E-state index in [9.17, 15) is 4.79 Å². The van der Waals surface area contributed by atoms with E-state index in [4.69, 9.17) is 4.74 Å². The van der Waals surface area contributed by atoms with Gasteiger partial charge in [0.15, 0.2) is 0 Å². The Bertz CT molecular complexity index is 228. The van der Waals surface area contributed by atoms with Gasteiger partial charge in [-0.2, -0.15) is 0 Å². The highest BCUT2D eigenvalue weighted by molar-refractivity contribution is 5.98. The van der Waals surface area contributed by atoms with Gasteiger partial charge in [-0.25, -0.2) is 0 Å². The monoisotopic (exact) mass is 153 g/mol. The van der Waals surface area contributed by atoms with Crippen LogP contribution < -0.4 is 0 Å². The van der Waals surface area contributed by atoms with E-state index in [1.165, 1.54) is 6.08 Å². The van der Waals surface area contributed by atoms with Crippen LogP contribution in [-0.4, -0.2) is 18.4 Å². The van der Waals surface area contributed by atoms with Crippen molar-refractivity contribution < 1.29 is 9.53 Å². The quantitative estimate of drug-likeness (QED) is 0.530. The molecule has 0 aromatic rings. The molecule has 0 fully saturated rings. The van der Waals surface area contributed by atoms with E-state index in [2.05, 4.69) is 11.6 Å². The molecule has 0 unspecified atom stereocenters. The van der Waals surface area contributed by atoms with Crippen LogP contribution in [0.3, 0.4) is 0 Å². The zero-order chi connectivity index (χ0) is 8.48. The number of esters is 1. The second-order valence-corrected chi connectivity index (χ2v) is 3.13. The first-order valence-corrected chi connectivity index (χ1v) is 3.45. The van der Waals surface area contributed by atoms with Crippen LogP contribution in [0.15, 0.2) is 17.6 Å². The Morgan fingerprint density at radius 2 is 2.36 bits per heavy atom. The summed E-state index contributed by atoms with van der Waals surface area (Å²) in [5, 5.41) is 0. The average molecular weight is 153 g/mol. The minimum Gasteiger partial charge on any atom is -0.407 e. The lowest BCUT2D eigenvalue weighted by molar-refractivity contribution is -0.145. The summed E-state index contributed by atoms with van der Waals surface area (Å²) in [6, 6.07) is 0. The molecule has 0 aromatic heterocycles. The summed E-state index contributed by atoms with van der Waals surface area (Å²) >= 11 is 0. The predicted octanol–water partition coefficient (Wildman–Crippen LogP) is 1.15. The molecule has 3 heteroatoms. The summed E-state index contributed by atoms with van der Waals surface area (Å²) in [6.45, 7) is 7.55. The summed E-state index contributed by atoms with van der Waals surface area (Å²) in [5.74, 6) is 0.0942. The Labute approximate surface area is 65.8 Å². The highest BCUT2D eigenvalue weighted by Crippen LogP contribution is 2.21. The number of ether oxygens (including phenoxy) is 1. The van der Waals surface area contributed by atoms with E-state index in [0.717, 1.165) is 0 Å². The Hall–Kier alpha value is -1.12. The number of hydrogen-bond acceptors (Lipinski definition) is 3. The smallest absolute Gasteiger partial charge is 0.320 e. The molecule has 11 heavy (non-hydrogen) atoms. The summed E-state index contributed by atoms with van der Waals surface area (Å²) < 4.78 is 4.84. The zero-order valence-electron chi connectivity index (χ0n) is 6.76. The van der Waals surface area contributed by atoms with Gasteiger partial charge in [-0.3, -0.25) is 9.79 Å². The highest BCUT2D eigenvalue weighted by Gasteiger charge is 2.33. The van der Waals surface area contributed by atoms with Crippen LogP contribution in [0.5, 0.6) is 0 Å². The first kappa shape index (κ1) is 7.98. The molecule has 1 heterocycles. The zero-order valence-corrected chi connectivity index (χ0v) is 6.76. The lowest BCUT2D eigenvalue weighted by Gasteiger charge is -2.24. The molecule has 0 amide bonds. The molecular weight excluding hydrogens is 142 g/mol. The third kappa shape index (κ3) is 1.48. The molecule has 60 valence electrons. The van der Waals surface area contributed by atoms with Crippen LogP contribution in [0.4, 0.5) is 0 Å². The number of hydrogen-bond donors (Lipinski definition) is 0. The number of aliphatic imine (C=N–C) groups is 1. The molecule has 0 radical (unpaired) electrons. The molecule has 0 saturated heterocycles. The van der Waals surface area contributed by atoms with Crippen molar-refractivity contribution in [2.24, 2.45) is 10.4 Å². The lowest BCUT2D eigenvalue weighted by atomic mass is 9.93. The SMILES string of the molecule is C=CC1=NCC(C)(C)C(=O)O1. The maximum atomic E-state index is 11.1. The van der Waals surface area contributed by atoms with E-state index < -0.39 is 5.41 Å². The third-order valence-corrected chi connectivity index (χ3v) is 1.55. The number of carbonyl (C=O) groups excluding carboxylic acids is 1. The van der Waals surface area contributed by atoms with Crippen molar-refractivity contribution in [2.45, 2.75) is 13.8 Å². The van der Waals surface area contributed by atoms with Gasteiger partial charge in [-0.05, 0) is 19.9 Å². The van der Waals surface area contributed by atoms with Gasteiger partial charge >= 0.3 is 5.97 Å². The van der Waals surface area contributed by atoms with Crippen molar-refractivity contribution in [1.82, 2.24) is 0 Å². The first-order chi connectivity index (χ1) is 5.06. The van der Waals surface area contributed by atoms with E-state index >= 15 is 0 Å². The molecule has 0 spiro atoms. The molecule has 0 saturated carbocycles. The Morgan fingerprint density at radius 1 is 1.73 bits per heavy atom. The van der Waals surface area contributed by atoms with Gasteiger partial charge in [-0.1, -0.05) is 6.58 Å². The Kier molecular flexibility index (Phi) is 1.81. The third-order valence-electron chi connectivity index (χ3n) is 1.55. The predicted molar refractivity (Wildman–Crippen MR) is 42.4 cm³/mol. The molecule has 1 rings (SSSR count). The van der Waals surface area contributed by atoms with E-state index in [1.54, 1.807) is 13.8 Å². The van der Waals surface area contributed by atoms with Gasteiger partial charge < -0.3 is 4.74 Å². The van der Waals surface area contributed by atoms with E-state index in [0.29, 0.717) is 12.4 Å². The van der Waals surface area contributed by atoms with Gasteiger partial charge in [0.05, 0.1) is 12.0 Å². The standard InChI is InChI=1S/C8H11NO2/c1-4-6-9-5-8(2,3)7(10)11-6/h4H,1,5H2,2-3H3. The van der Waals surface area contributed by atoms with Crippen molar-refractivity contribution in [3.8, 4) is 0 Å². The van der Waals surface area contributed by atoms with E-state index in [-0.39, 0.29) is 5.97 Å². The van der Waals surface area contributed by atoms with Crippen LogP contribution in [0, 0.1) is 5.41 Å². The van der Waals surface area contributed by atoms with Gasteiger partial charge in [0.2, 0.25) is 5.90 Å². The second-order valence-electron chi connectivity index (χ2n) is 3.13. The van der Waals surface area contributed by atoms with Crippen molar-refractivity contribution in [1.29, 1.82) is 0 Å². The Balaban J connectivity index is 2.83. The van der Waals surface area contributed by atoms with Crippen molar-refractivity contribution in [2.75, 3.05) is 6.54 Å². The van der Waals surface area contributed by atoms with Crippen LogP contribution in [-0.2, 0) is 9.53 Å². The number of cyclic esters (lactones) is 1. The number of nitrogens with zero attached hydrogens (tertiary/aromatic N) is 1. The van der Waals surface area contributed by atoms with Crippen molar-refractivity contribution in [3.63, 3.8) is 0 Å². The lowest BCUT2D eigenvalue weighted by Crippen LogP contribution is -2.35. The fourth-order valence-corrected chi connectivity index (χ4v) is 0.712. The van der Waals surface area contributed by atoms with Crippen molar-refractivity contribution >= 4 is 11.9 Å². The van der Waals surface area contributed by atoms with Gasteiger partial charge in [0, 0.05) is 0 Å². The van der Waals surface area contributed by atoms with Crippen LogP contribution in [0.2, 0.25) is 0 Å². The van der Waals surface area contributed by atoms with E-state index in [1.807, 2.05) is 0 Å². The Morgan fingerprint density at radius 3 is 2.82 bits per heavy atom. The first-order valence-electron chi connectivity index (χ1n) is 3.45. The molecule has 0 bridgehead atoms. The minimum atomic E-state index is -0.480. The van der Waals surface area contributed by atoms with Crippen LogP contribution >= 0.6 is 0 Å². The largest absolute Gasteiger partial charge is 0.407 e. The van der Waals surface area contributed by atoms with Gasteiger partial charge in [-0.15, -0.1) is 0 Å². The average Bonchev–Trinajstić information content (AvgIpc) is 1.95. The molecule has 0 aliphatic carbocycles. The van der Waals surface area contributed by atoms with Gasteiger partial charge in [0.25, 0.3) is 0 Å². The second kappa shape index (κ2) is 2.49. The van der Waals surface area contributed by atoms with Crippen LogP contribution in [0.1, 0.15) is 13.8 Å². The molecule has 0 atom stereocenters. The highest BCUT2D eigenvalue weighted by atomic mass is 16.5. The van der Waals surface area contributed by atoms with Crippen molar-refractivity contribution in [3.05, 3.63) is 12.7 Å². The topological polar surface area (TPSA) is 38.7 Å². The minimum absolute atomic E-state index is 0.234. The molecule has 3 nitrogen and oxygen atoms in total. The number of carbonyl (C=O) groups is 1. The maximum absolute atomic E-state index is 11.1. The summed E-state index contributed by atoms with van der Waals surface area (Å²) in [7, 11) is 0. The summed E-state index contributed by atoms with van der Waals surface area (Å²) in [4.78, 5) is 15.1. The van der Waals surface area contributed by atoms with Crippen LogP contribution in [0.25, 0.3) is 0 Å². The normalized spacial score (nSPS) is 22.0. The molecule has 1 aliphatic heterocycles. The maximum Gasteiger partial charge on any atom is 0.320 e. The van der Waals surface area contributed by atoms with Gasteiger partial charge in [0.1, 0.15) is 0 Å². The summed E-state index contributed by atoms with van der Waals surface area (Å²) in [6.07, 6.45) is 1.44.